The van der Waals surface area contributed by atoms with Crippen LogP contribution in [0.15, 0.2) is 24.3 Å². The van der Waals surface area contributed by atoms with Crippen LogP contribution in [0.4, 0.5) is 0 Å². The molecule has 0 unspecified atom stereocenters. The molecule has 0 saturated carbocycles. The van der Waals surface area contributed by atoms with Crippen molar-refractivity contribution in [3.8, 4) is 5.75 Å². The van der Waals surface area contributed by atoms with Crippen LogP contribution in [0.2, 0.25) is 5.02 Å². The first kappa shape index (κ1) is 14.7. The van der Waals surface area contributed by atoms with E-state index in [1.54, 1.807) is 6.07 Å². The summed E-state index contributed by atoms with van der Waals surface area (Å²) in [6.07, 6.45) is 0. The zero-order chi connectivity index (χ0) is 14.9. The van der Waals surface area contributed by atoms with Gasteiger partial charge in [-0.05, 0) is 44.5 Å². The van der Waals surface area contributed by atoms with E-state index in [1.165, 1.54) is 0 Å². The van der Waals surface area contributed by atoms with Crippen LogP contribution in [0, 0.1) is 20.8 Å². The lowest BCUT2D eigenvalue weighted by Gasteiger charge is -2.08. The Morgan fingerprint density at radius 2 is 1.95 bits per heavy atom. The molecule has 4 heteroatoms. The van der Waals surface area contributed by atoms with Crippen molar-refractivity contribution in [2.75, 3.05) is 6.61 Å². The predicted molar refractivity (Wildman–Crippen MR) is 80.9 cm³/mol. The van der Waals surface area contributed by atoms with Crippen molar-refractivity contribution in [3.63, 3.8) is 0 Å². The number of hydrogen-bond acceptors (Lipinski definition) is 2. The first-order valence-corrected chi connectivity index (χ1v) is 6.83. The van der Waals surface area contributed by atoms with Crippen LogP contribution in [0.1, 0.15) is 27.3 Å². The van der Waals surface area contributed by atoms with Gasteiger partial charge in [-0.15, -0.1) is 0 Å². The van der Waals surface area contributed by atoms with E-state index in [4.69, 9.17) is 16.3 Å². The van der Waals surface area contributed by atoms with Crippen LogP contribution in [0.25, 0.3) is 0 Å². The second-order valence-electron chi connectivity index (χ2n) is 4.99. The lowest BCUT2D eigenvalue weighted by molar-refractivity contribution is 0.0921. The van der Waals surface area contributed by atoms with E-state index in [-0.39, 0.29) is 12.4 Å². The summed E-state index contributed by atoms with van der Waals surface area (Å²) in [5.41, 5.74) is 3.75. The summed E-state index contributed by atoms with van der Waals surface area (Å²) in [6.45, 7) is 5.85. The van der Waals surface area contributed by atoms with E-state index in [1.807, 2.05) is 50.6 Å². The number of carbonyl (C=O) groups is 1. The van der Waals surface area contributed by atoms with Crippen molar-refractivity contribution in [2.24, 2.45) is 7.05 Å². The molecule has 106 valence electrons. The van der Waals surface area contributed by atoms with Gasteiger partial charge >= 0.3 is 0 Å². The average molecular weight is 292 g/mol. The third-order valence-corrected chi connectivity index (χ3v) is 3.83. The van der Waals surface area contributed by atoms with E-state index in [9.17, 15) is 4.79 Å². The second kappa shape index (κ2) is 5.71. The Hall–Kier alpha value is -1.74. The number of benzene rings is 1. The molecular weight excluding hydrogens is 274 g/mol. The third-order valence-electron chi connectivity index (χ3n) is 3.52. The summed E-state index contributed by atoms with van der Waals surface area (Å²) in [6, 6.07) is 7.40. The van der Waals surface area contributed by atoms with E-state index in [0.717, 1.165) is 17.0 Å². The molecule has 0 aliphatic rings. The van der Waals surface area contributed by atoms with Crippen LogP contribution >= 0.6 is 11.6 Å². The Balaban J connectivity index is 2.12. The quantitative estimate of drug-likeness (QED) is 0.801. The molecule has 0 atom stereocenters. The molecule has 0 aliphatic carbocycles. The van der Waals surface area contributed by atoms with E-state index < -0.39 is 0 Å². The van der Waals surface area contributed by atoms with Gasteiger partial charge in [0.25, 0.3) is 0 Å². The molecule has 1 heterocycles. The fourth-order valence-corrected chi connectivity index (χ4v) is 2.25. The summed E-state index contributed by atoms with van der Waals surface area (Å²) in [5, 5.41) is 0.518. The molecule has 20 heavy (non-hydrogen) atoms. The van der Waals surface area contributed by atoms with Crippen LogP contribution < -0.4 is 4.74 Å². The maximum atomic E-state index is 12.2. The fraction of sp³-hybridized carbons (Fsp3) is 0.312. The molecule has 1 aromatic carbocycles. The number of halogens is 1. The van der Waals surface area contributed by atoms with Gasteiger partial charge < -0.3 is 9.30 Å². The highest BCUT2D eigenvalue weighted by Crippen LogP contribution is 2.25. The molecular formula is C16H18ClNO2. The SMILES string of the molecule is Cc1ccc(Cl)c(OCC(=O)c2cc(C)n(C)c2C)c1. The molecule has 0 bridgehead atoms. The average Bonchev–Trinajstić information content (AvgIpc) is 2.67. The van der Waals surface area contributed by atoms with Gasteiger partial charge in [-0.25, -0.2) is 0 Å². The smallest absolute Gasteiger partial charge is 0.202 e. The van der Waals surface area contributed by atoms with Crippen LogP contribution in [-0.4, -0.2) is 17.0 Å². The molecule has 0 saturated heterocycles. The standard InChI is InChI=1S/C16H18ClNO2/c1-10-5-6-14(17)16(7-10)20-9-15(19)13-8-11(2)18(4)12(13)3/h5-8H,9H2,1-4H3. The molecule has 0 spiro atoms. The van der Waals surface area contributed by atoms with Crippen molar-refractivity contribution in [1.82, 2.24) is 4.57 Å². The number of ether oxygens (including phenoxy) is 1. The van der Waals surface area contributed by atoms with Gasteiger partial charge in [0.2, 0.25) is 5.78 Å². The number of hydrogen-bond donors (Lipinski definition) is 0. The molecule has 1 aromatic heterocycles. The lowest BCUT2D eigenvalue weighted by Crippen LogP contribution is -2.12. The summed E-state index contributed by atoms with van der Waals surface area (Å²) in [5.74, 6) is 0.508. The van der Waals surface area contributed by atoms with Gasteiger partial charge in [0.15, 0.2) is 6.61 Å². The third kappa shape index (κ3) is 2.88. The monoisotopic (exact) mass is 291 g/mol. The van der Waals surface area contributed by atoms with Crippen molar-refractivity contribution in [3.05, 3.63) is 51.8 Å². The van der Waals surface area contributed by atoms with Crippen molar-refractivity contribution in [2.45, 2.75) is 20.8 Å². The number of ketones is 1. The Morgan fingerprint density at radius 3 is 2.55 bits per heavy atom. The van der Waals surface area contributed by atoms with Crippen LogP contribution in [-0.2, 0) is 7.05 Å². The van der Waals surface area contributed by atoms with Gasteiger partial charge in [-0.3, -0.25) is 4.79 Å². The summed E-state index contributed by atoms with van der Waals surface area (Å²) in [7, 11) is 1.94. The lowest BCUT2D eigenvalue weighted by atomic mass is 10.1. The largest absolute Gasteiger partial charge is 0.484 e. The van der Waals surface area contributed by atoms with Crippen LogP contribution in [0.5, 0.6) is 5.75 Å². The molecule has 0 amide bonds. The number of aryl methyl sites for hydroxylation is 2. The van der Waals surface area contributed by atoms with Gasteiger partial charge in [-0.1, -0.05) is 17.7 Å². The summed E-state index contributed by atoms with van der Waals surface area (Å²) >= 11 is 6.05. The minimum Gasteiger partial charge on any atom is -0.484 e. The maximum absolute atomic E-state index is 12.2. The highest BCUT2D eigenvalue weighted by molar-refractivity contribution is 6.32. The van der Waals surface area contributed by atoms with E-state index in [0.29, 0.717) is 16.3 Å². The normalized spacial score (nSPS) is 10.7. The predicted octanol–water partition coefficient (Wildman–Crippen LogP) is 3.87. The molecule has 3 nitrogen and oxygen atoms in total. The Morgan fingerprint density at radius 1 is 1.25 bits per heavy atom. The Kier molecular flexibility index (Phi) is 4.19. The first-order valence-electron chi connectivity index (χ1n) is 6.45. The second-order valence-corrected chi connectivity index (χ2v) is 5.40. The van der Waals surface area contributed by atoms with Crippen LogP contribution in [0.3, 0.4) is 0 Å². The number of nitrogens with zero attached hydrogens (tertiary/aromatic N) is 1. The number of Topliss-reactive ketones (excluding diaryl/α,β-unsaturated/α-hetero) is 1. The van der Waals surface area contributed by atoms with E-state index >= 15 is 0 Å². The molecule has 2 rings (SSSR count). The van der Waals surface area contributed by atoms with Crippen molar-refractivity contribution in [1.29, 1.82) is 0 Å². The minimum absolute atomic E-state index is 0.00648. The van der Waals surface area contributed by atoms with E-state index in [2.05, 4.69) is 0 Å². The molecule has 0 radical (unpaired) electrons. The fourth-order valence-electron chi connectivity index (χ4n) is 2.08. The van der Waals surface area contributed by atoms with Gasteiger partial charge in [0, 0.05) is 24.0 Å². The number of carbonyl (C=O) groups excluding carboxylic acids is 1. The molecule has 2 aromatic rings. The van der Waals surface area contributed by atoms with Gasteiger partial charge in [0.05, 0.1) is 5.02 Å². The molecule has 0 aliphatic heterocycles. The topological polar surface area (TPSA) is 31.2 Å². The summed E-state index contributed by atoms with van der Waals surface area (Å²) in [4.78, 5) is 12.2. The summed E-state index contributed by atoms with van der Waals surface area (Å²) < 4.78 is 7.54. The zero-order valence-corrected chi connectivity index (χ0v) is 12.9. The minimum atomic E-state index is -0.0382. The maximum Gasteiger partial charge on any atom is 0.202 e. The van der Waals surface area contributed by atoms with Crippen molar-refractivity contribution < 1.29 is 9.53 Å². The highest BCUT2D eigenvalue weighted by atomic mass is 35.5. The van der Waals surface area contributed by atoms with Crippen molar-refractivity contribution >= 4 is 17.4 Å². The van der Waals surface area contributed by atoms with Gasteiger partial charge in [0.1, 0.15) is 5.75 Å². The Labute approximate surface area is 124 Å². The van der Waals surface area contributed by atoms with Gasteiger partial charge in [-0.2, -0.15) is 0 Å². The number of rotatable bonds is 4. The molecule has 0 fully saturated rings. The first-order chi connectivity index (χ1) is 9.40. The molecule has 0 N–H and O–H groups in total. The zero-order valence-electron chi connectivity index (χ0n) is 12.2. The highest BCUT2D eigenvalue weighted by Gasteiger charge is 2.15. The Bertz CT molecular complexity index is 659. The number of aromatic nitrogens is 1.